The van der Waals surface area contributed by atoms with E-state index in [1.165, 1.54) is 27.6 Å². The molecule has 3 rings (SSSR count). The number of nitrogens with two attached hydrogens (primary N) is 1. The number of ether oxygens (including phenoxy) is 1. The summed E-state index contributed by atoms with van der Waals surface area (Å²) in [6, 6.07) is 16.2. The average molecular weight is 366 g/mol. The smallest absolute Gasteiger partial charge is 0.210 e. The zero-order valence-corrected chi connectivity index (χ0v) is 15.7. The fraction of sp³-hybridized carbons (Fsp3) is 0.200. The van der Waals surface area contributed by atoms with Gasteiger partial charge in [-0.2, -0.15) is 0 Å². The zero-order chi connectivity index (χ0) is 18.4. The third kappa shape index (κ3) is 4.67. The first-order valence-corrected chi connectivity index (χ1v) is 9.36. The summed E-state index contributed by atoms with van der Waals surface area (Å²) in [6.45, 7) is 4.37. The summed E-state index contributed by atoms with van der Waals surface area (Å²) in [6.07, 6.45) is 4.16. The van der Waals surface area contributed by atoms with Crippen molar-refractivity contribution in [1.82, 2.24) is 14.9 Å². The molecule has 5 nitrogen and oxygen atoms in total. The van der Waals surface area contributed by atoms with Gasteiger partial charge in [-0.25, -0.2) is 4.68 Å². The second-order valence-corrected chi connectivity index (χ2v) is 6.94. The summed E-state index contributed by atoms with van der Waals surface area (Å²) < 4.78 is 7.32. The van der Waals surface area contributed by atoms with Crippen LogP contribution in [0.1, 0.15) is 22.5 Å². The number of aromatic nitrogens is 3. The molecule has 3 aromatic rings. The van der Waals surface area contributed by atoms with Gasteiger partial charge in [0.1, 0.15) is 12.4 Å². The van der Waals surface area contributed by atoms with Crippen LogP contribution >= 0.6 is 11.8 Å². The van der Waals surface area contributed by atoms with E-state index in [2.05, 4.69) is 47.5 Å². The van der Waals surface area contributed by atoms with Crippen molar-refractivity contribution in [2.45, 2.75) is 25.6 Å². The standard InChI is InChI=1S/C20H22N4OS/c1-15-10-11-18(16(2)13-15)25-14-19-22-23-20(24(19)21)26-12-6-9-17-7-4-3-5-8-17/h3-11,13H,12,14,21H2,1-2H3/b9-6+. The van der Waals surface area contributed by atoms with Gasteiger partial charge in [0.25, 0.3) is 0 Å². The van der Waals surface area contributed by atoms with E-state index < -0.39 is 0 Å². The summed E-state index contributed by atoms with van der Waals surface area (Å²) in [5.74, 6) is 8.28. The van der Waals surface area contributed by atoms with Crippen molar-refractivity contribution < 1.29 is 4.74 Å². The fourth-order valence-corrected chi connectivity index (χ4v) is 3.16. The van der Waals surface area contributed by atoms with Crippen molar-refractivity contribution in [2.24, 2.45) is 0 Å². The molecule has 0 saturated carbocycles. The molecule has 0 atom stereocenters. The summed E-state index contributed by atoms with van der Waals surface area (Å²) in [5.41, 5.74) is 3.47. The molecular formula is C20H22N4OS. The number of aryl methyl sites for hydroxylation is 2. The zero-order valence-electron chi connectivity index (χ0n) is 14.9. The lowest BCUT2D eigenvalue weighted by atomic mass is 10.1. The molecule has 6 heteroatoms. The summed E-state index contributed by atoms with van der Waals surface area (Å²) in [4.78, 5) is 0. The molecule has 0 saturated heterocycles. The van der Waals surface area contributed by atoms with Crippen LogP contribution in [0.25, 0.3) is 6.08 Å². The first-order valence-electron chi connectivity index (χ1n) is 8.37. The monoisotopic (exact) mass is 366 g/mol. The molecule has 1 aromatic heterocycles. The number of benzene rings is 2. The predicted molar refractivity (Wildman–Crippen MR) is 107 cm³/mol. The Kier molecular flexibility index (Phi) is 5.96. The van der Waals surface area contributed by atoms with E-state index in [0.717, 1.165) is 17.1 Å². The van der Waals surface area contributed by atoms with Gasteiger partial charge < -0.3 is 10.6 Å². The number of hydrogen-bond donors (Lipinski definition) is 1. The van der Waals surface area contributed by atoms with Crippen LogP contribution in [0.15, 0.2) is 59.8 Å². The van der Waals surface area contributed by atoms with E-state index in [4.69, 9.17) is 10.6 Å². The molecule has 2 N–H and O–H groups in total. The van der Waals surface area contributed by atoms with E-state index in [0.29, 0.717) is 11.0 Å². The maximum absolute atomic E-state index is 6.09. The Hall–Kier alpha value is -2.73. The van der Waals surface area contributed by atoms with Crippen molar-refractivity contribution in [2.75, 3.05) is 11.6 Å². The van der Waals surface area contributed by atoms with Crippen LogP contribution in [0.3, 0.4) is 0 Å². The van der Waals surface area contributed by atoms with Crippen LogP contribution < -0.4 is 10.6 Å². The highest BCUT2D eigenvalue weighted by atomic mass is 32.2. The van der Waals surface area contributed by atoms with Crippen molar-refractivity contribution in [1.29, 1.82) is 0 Å². The lowest BCUT2D eigenvalue weighted by molar-refractivity contribution is 0.289. The Morgan fingerprint density at radius 2 is 1.92 bits per heavy atom. The number of hydrogen-bond acceptors (Lipinski definition) is 5. The number of nitrogen functional groups attached to an aromatic ring is 1. The second-order valence-electron chi connectivity index (χ2n) is 5.95. The van der Waals surface area contributed by atoms with E-state index >= 15 is 0 Å². The van der Waals surface area contributed by atoms with Crippen LogP contribution in [-0.4, -0.2) is 20.6 Å². The molecule has 0 bridgehead atoms. The molecule has 0 aliphatic carbocycles. The first-order chi connectivity index (χ1) is 12.6. The van der Waals surface area contributed by atoms with E-state index in [1.807, 2.05) is 37.3 Å². The Bertz CT molecular complexity index is 890. The minimum Gasteiger partial charge on any atom is -0.485 e. The topological polar surface area (TPSA) is 66.0 Å². The Balaban J connectivity index is 1.55. The van der Waals surface area contributed by atoms with Crippen LogP contribution in [0.4, 0.5) is 0 Å². The minimum atomic E-state index is 0.286. The third-order valence-electron chi connectivity index (χ3n) is 3.84. The van der Waals surface area contributed by atoms with Crippen LogP contribution in [0.2, 0.25) is 0 Å². The van der Waals surface area contributed by atoms with Gasteiger partial charge in [-0.15, -0.1) is 10.2 Å². The summed E-state index contributed by atoms with van der Waals surface area (Å²) in [5, 5.41) is 8.95. The lowest BCUT2D eigenvalue weighted by Crippen LogP contribution is -2.16. The highest BCUT2D eigenvalue weighted by Crippen LogP contribution is 2.21. The molecule has 0 aliphatic heterocycles. The van der Waals surface area contributed by atoms with Crippen LogP contribution in [0.5, 0.6) is 5.75 Å². The second kappa shape index (κ2) is 8.58. The first kappa shape index (κ1) is 18.1. The number of rotatable bonds is 7. The van der Waals surface area contributed by atoms with Gasteiger partial charge in [0.05, 0.1) is 0 Å². The molecule has 26 heavy (non-hydrogen) atoms. The van der Waals surface area contributed by atoms with Crippen LogP contribution in [0, 0.1) is 13.8 Å². The Morgan fingerprint density at radius 3 is 2.69 bits per heavy atom. The maximum Gasteiger partial charge on any atom is 0.210 e. The lowest BCUT2D eigenvalue weighted by Gasteiger charge is -2.09. The number of nitrogens with zero attached hydrogens (tertiary/aromatic N) is 3. The van der Waals surface area contributed by atoms with Crippen LogP contribution in [-0.2, 0) is 6.61 Å². The van der Waals surface area contributed by atoms with Gasteiger partial charge in [-0.3, -0.25) is 0 Å². The largest absolute Gasteiger partial charge is 0.485 e. The molecule has 134 valence electrons. The SMILES string of the molecule is Cc1ccc(OCc2nnc(SC/C=C/c3ccccc3)n2N)c(C)c1. The van der Waals surface area contributed by atoms with Gasteiger partial charge in [-0.05, 0) is 31.0 Å². The van der Waals surface area contributed by atoms with Gasteiger partial charge in [0, 0.05) is 5.75 Å². The quantitative estimate of drug-likeness (QED) is 0.506. The Labute approximate surface area is 157 Å². The van der Waals surface area contributed by atoms with Gasteiger partial charge in [-0.1, -0.05) is 71.9 Å². The molecule has 0 spiro atoms. The highest BCUT2D eigenvalue weighted by Gasteiger charge is 2.11. The molecule has 0 radical (unpaired) electrons. The Morgan fingerprint density at radius 1 is 1.12 bits per heavy atom. The van der Waals surface area contributed by atoms with Crippen molar-refractivity contribution in [3.8, 4) is 5.75 Å². The minimum absolute atomic E-state index is 0.286. The summed E-state index contributed by atoms with van der Waals surface area (Å²) >= 11 is 1.54. The van der Waals surface area contributed by atoms with E-state index in [1.54, 1.807) is 0 Å². The maximum atomic E-state index is 6.09. The molecule has 0 fully saturated rings. The predicted octanol–water partition coefficient (Wildman–Crippen LogP) is 3.99. The highest BCUT2D eigenvalue weighted by molar-refractivity contribution is 7.99. The third-order valence-corrected chi connectivity index (χ3v) is 4.74. The van der Waals surface area contributed by atoms with Gasteiger partial charge in [0.15, 0.2) is 5.82 Å². The molecule has 0 unspecified atom stereocenters. The molecule has 0 aliphatic rings. The normalized spacial score (nSPS) is 11.2. The van der Waals surface area contributed by atoms with Crippen molar-refractivity contribution in [3.63, 3.8) is 0 Å². The van der Waals surface area contributed by atoms with E-state index in [-0.39, 0.29) is 6.61 Å². The van der Waals surface area contributed by atoms with Gasteiger partial charge >= 0.3 is 0 Å². The molecule has 1 heterocycles. The van der Waals surface area contributed by atoms with E-state index in [9.17, 15) is 0 Å². The van der Waals surface area contributed by atoms with Gasteiger partial charge in [0.2, 0.25) is 5.16 Å². The van der Waals surface area contributed by atoms with Crippen molar-refractivity contribution >= 4 is 17.8 Å². The molecular weight excluding hydrogens is 344 g/mol. The molecule has 0 amide bonds. The number of thioether (sulfide) groups is 1. The van der Waals surface area contributed by atoms with Crippen molar-refractivity contribution in [3.05, 3.63) is 77.1 Å². The fourth-order valence-electron chi connectivity index (χ4n) is 2.48. The molecule has 2 aromatic carbocycles. The summed E-state index contributed by atoms with van der Waals surface area (Å²) in [7, 11) is 0. The average Bonchev–Trinajstić information content (AvgIpc) is 2.99.